The van der Waals surface area contributed by atoms with Crippen molar-refractivity contribution in [3.63, 3.8) is 0 Å². The van der Waals surface area contributed by atoms with E-state index in [1.54, 1.807) is 12.3 Å². The molecule has 0 saturated heterocycles. The van der Waals surface area contributed by atoms with Gasteiger partial charge in [-0.3, -0.25) is 0 Å². The second-order valence-electron chi connectivity index (χ2n) is 4.63. The summed E-state index contributed by atoms with van der Waals surface area (Å²) in [5.41, 5.74) is 1.33. The average Bonchev–Trinajstić information content (AvgIpc) is 2.80. The first kappa shape index (κ1) is 11.7. The zero-order chi connectivity index (χ0) is 12.5. The van der Waals surface area contributed by atoms with Crippen molar-refractivity contribution < 1.29 is 9.52 Å². The van der Waals surface area contributed by atoms with Gasteiger partial charge in [0.05, 0.1) is 12.4 Å². The number of nitrogens with zero attached hydrogens (tertiary/aromatic N) is 2. The van der Waals surface area contributed by atoms with Crippen LogP contribution in [0.5, 0.6) is 0 Å². The predicted octanol–water partition coefficient (Wildman–Crippen LogP) is 2.59. The monoisotopic (exact) mass is 267 g/mol. The lowest BCUT2D eigenvalue weighted by molar-refractivity contribution is 0.126. The van der Waals surface area contributed by atoms with Crippen molar-refractivity contribution in [2.24, 2.45) is 0 Å². The fourth-order valence-corrected chi connectivity index (χ4v) is 2.52. The van der Waals surface area contributed by atoms with Crippen molar-refractivity contribution in [3.05, 3.63) is 17.6 Å². The summed E-state index contributed by atoms with van der Waals surface area (Å²) in [7, 11) is 0. The second-order valence-corrected chi connectivity index (χ2v) is 4.96. The maximum Gasteiger partial charge on any atom is 0.225 e. The largest absolute Gasteiger partial charge is 0.459 e. The molecule has 0 spiro atoms. The second kappa shape index (κ2) is 4.74. The van der Waals surface area contributed by atoms with Crippen molar-refractivity contribution >= 4 is 28.5 Å². The van der Waals surface area contributed by atoms with Gasteiger partial charge in [0.1, 0.15) is 5.52 Å². The summed E-state index contributed by atoms with van der Waals surface area (Å²) in [6.07, 6.45) is 4.89. The molecule has 2 heterocycles. The van der Waals surface area contributed by atoms with Crippen LogP contribution in [0.3, 0.4) is 0 Å². The van der Waals surface area contributed by atoms with Crippen LogP contribution in [0.2, 0.25) is 5.28 Å². The highest BCUT2D eigenvalue weighted by molar-refractivity contribution is 6.28. The van der Waals surface area contributed by atoms with Gasteiger partial charge in [-0.25, -0.2) is 4.98 Å². The first-order valence-electron chi connectivity index (χ1n) is 6.08. The Morgan fingerprint density at radius 2 is 2.06 bits per heavy atom. The first-order valence-corrected chi connectivity index (χ1v) is 6.45. The Morgan fingerprint density at radius 3 is 2.83 bits per heavy atom. The topological polar surface area (TPSA) is 71.2 Å². The van der Waals surface area contributed by atoms with Crippen LogP contribution in [0, 0.1) is 0 Å². The lowest BCUT2D eigenvalue weighted by atomic mass is 9.93. The molecule has 1 aliphatic carbocycles. The van der Waals surface area contributed by atoms with Gasteiger partial charge in [-0.15, -0.1) is 0 Å². The van der Waals surface area contributed by atoms with Gasteiger partial charge < -0.3 is 14.8 Å². The van der Waals surface area contributed by atoms with E-state index in [9.17, 15) is 5.11 Å². The van der Waals surface area contributed by atoms with Crippen LogP contribution in [-0.2, 0) is 0 Å². The molecule has 0 radical (unpaired) electrons. The van der Waals surface area contributed by atoms with E-state index in [0.29, 0.717) is 23.0 Å². The summed E-state index contributed by atoms with van der Waals surface area (Å²) in [6.45, 7) is 0. The third-order valence-electron chi connectivity index (χ3n) is 3.31. The quantitative estimate of drug-likeness (QED) is 0.819. The standard InChI is InChI=1S/C12H14ClN3O2/c13-12-15-9-5-6-18-10(9)11(16-12)14-7-1-3-8(17)4-2-7/h5-8,17H,1-4H2,(H,14,15,16)/t7-,8-. The lowest BCUT2D eigenvalue weighted by Crippen LogP contribution is -2.28. The van der Waals surface area contributed by atoms with Gasteiger partial charge in [0.2, 0.25) is 5.28 Å². The summed E-state index contributed by atoms with van der Waals surface area (Å²) in [6, 6.07) is 2.06. The molecule has 2 N–H and O–H groups in total. The Labute approximate surface area is 109 Å². The highest BCUT2D eigenvalue weighted by Gasteiger charge is 2.21. The zero-order valence-corrected chi connectivity index (χ0v) is 10.5. The van der Waals surface area contributed by atoms with E-state index >= 15 is 0 Å². The molecular formula is C12H14ClN3O2. The maximum absolute atomic E-state index is 9.48. The Bertz CT molecular complexity index is 549. The molecule has 1 aliphatic rings. The molecule has 18 heavy (non-hydrogen) atoms. The number of aromatic nitrogens is 2. The molecule has 2 aromatic rings. The minimum atomic E-state index is -0.166. The third-order valence-corrected chi connectivity index (χ3v) is 3.48. The number of halogens is 1. The molecule has 0 atom stereocenters. The van der Waals surface area contributed by atoms with Crippen LogP contribution in [0.4, 0.5) is 5.82 Å². The molecule has 5 nitrogen and oxygen atoms in total. The van der Waals surface area contributed by atoms with Crippen LogP contribution < -0.4 is 5.32 Å². The van der Waals surface area contributed by atoms with E-state index in [2.05, 4.69) is 15.3 Å². The number of aliphatic hydroxyl groups is 1. The van der Waals surface area contributed by atoms with Crippen molar-refractivity contribution in [2.45, 2.75) is 37.8 Å². The maximum atomic E-state index is 9.48. The van der Waals surface area contributed by atoms with Crippen molar-refractivity contribution in [1.29, 1.82) is 0 Å². The predicted molar refractivity (Wildman–Crippen MR) is 68.7 cm³/mol. The fraction of sp³-hybridized carbons (Fsp3) is 0.500. The highest BCUT2D eigenvalue weighted by atomic mass is 35.5. The number of nitrogens with one attached hydrogen (secondary N) is 1. The molecule has 1 fully saturated rings. The summed E-state index contributed by atoms with van der Waals surface area (Å²) >= 11 is 5.88. The number of fused-ring (bicyclic) bond motifs is 1. The molecule has 6 heteroatoms. The number of hydrogen-bond acceptors (Lipinski definition) is 5. The molecule has 0 amide bonds. The lowest BCUT2D eigenvalue weighted by Gasteiger charge is -2.26. The van der Waals surface area contributed by atoms with E-state index in [4.69, 9.17) is 16.0 Å². The molecule has 96 valence electrons. The van der Waals surface area contributed by atoms with Crippen LogP contribution in [0.25, 0.3) is 11.1 Å². The molecule has 0 aromatic carbocycles. The molecule has 2 aromatic heterocycles. The smallest absolute Gasteiger partial charge is 0.225 e. The molecular weight excluding hydrogens is 254 g/mol. The number of furan rings is 1. The highest BCUT2D eigenvalue weighted by Crippen LogP contribution is 2.27. The number of anilines is 1. The number of rotatable bonds is 2. The van der Waals surface area contributed by atoms with E-state index < -0.39 is 0 Å². The third kappa shape index (κ3) is 2.28. The normalized spacial score (nSPS) is 24.3. The van der Waals surface area contributed by atoms with Crippen molar-refractivity contribution in [3.8, 4) is 0 Å². The van der Waals surface area contributed by atoms with Gasteiger partial charge in [-0.05, 0) is 37.3 Å². The number of aliphatic hydroxyl groups excluding tert-OH is 1. The SMILES string of the molecule is O[C@H]1CC[C@H](Nc2nc(Cl)nc3ccoc23)CC1. The van der Waals surface area contributed by atoms with Gasteiger partial charge in [0.15, 0.2) is 11.4 Å². The Balaban J connectivity index is 1.83. The number of hydrogen-bond donors (Lipinski definition) is 2. The fourth-order valence-electron chi connectivity index (χ4n) is 2.35. The van der Waals surface area contributed by atoms with Crippen LogP contribution in [-0.4, -0.2) is 27.2 Å². The molecule has 0 bridgehead atoms. The average molecular weight is 268 g/mol. The van der Waals surface area contributed by atoms with Crippen LogP contribution in [0.1, 0.15) is 25.7 Å². The summed E-state index contributed by atoms with van der Waals surface area (Å²) in [5, 5.41) is 13.0. The molecule has 0 aliphatic heterocycles. The summed E-state index contributed by atoms with van der Waals surface area (Å²) in [5.74, 6) is 0.636. The van der Waals surface area contributed by atoms with E-state index in [1.165, 1.54) is 0 Å². The Kier molecular flexibility index (Phi) is 3.09. The van der Waals surface area contributed by atoms with Crippen molar-refractivity contribution in [1.82, 2.24) is 9.97 Å². The van der Waals surface area contributed by atoms with Gasteiger partial charge in [0.25, 0.3) is 0 Å². The van der Waals surface area contributed by atoms with Gasteiger partial charge >= 0.3 is 0 Å². The Morgan fingerprint density at radius 1 is 1.28 bits per heavy atom. The van der Waals surface area contributed by atoms with Crippen molar-refractivity contribution in [2.75, 3.05) is 5.32 Å². The molecule has 3 rings (SSSR count). The van der Waals surface area contributed by atoms with Gasteiger partial charge in [-0.2, -0.15) is 4.98 Å². The van der Waals surface area contributed by atoms with Crippen LogP contribution >= 0.6 is 11.6 Å². The minimum absolute atomic E-state index is 0.166. The minimum Gasteiger partial charge on any atom is -0.459 e. The first-order chi connectivity index (χ1) is 8.72. The van der Waals surface area contributed by atoms with E-state index in [-0.39, 0.29) is 11.4 Å². The molecule has 0 unspecified atom stereocenters. The van der Waals surface area contributed by atoms with E-state index in [0.717, 1.165) is 25.7 Å². The van der Waals surface area contributed by atoms with Gasteiger partial charge in [-0.1, -0.05) is 0 Å². The van der Waals surface area contributed by atoms with E-state index in [1.807, 2.05) is 0 Å². The van der Waals surface area contributed by atoms with Crippen LogP contribution in [0.15, 0.2) is 16.7 Å². The summed E-state index contributed by atoms with van der Waals surface area (Å²) < 4.78 is 5.37. The summed E-state index contributed by atoms with van der Waals surface area (Å²) in [4.78, 5) is 8.26. The zero-order valence-electron chi connectivity index (χ0n) is 9.77. The van der Waals surface area contributed by atoms with Gasteiger partial charge in [0, 0.05) is 12.1 Å². The Hall–Kier alpha value is -1.33. The molecule has 1 saturated carbocycles.